The van der Waals surface area contributed by atoms with Gasteiger partial charge in [-0.25, -0.2) is 4.79 Å². The number of piperidine rings is 1. The quantitative estimate of drug-likeness (QED) is 0.625. The second-order valence-corrected chi connectivity index (χ2v) is 10.7. The summed E-state index contributed by atoms with van der Waals surface area (Å²) in [7, 11) is 4.07. The molecule has 1 spiro atoms. The number of halogens is 3. The number of amides is 2. The fourth-order valence-electron chi connectivity index (χ4n) is 5.84. The van der Waals surface area contributed by atoms with Crippen molar-refractivity contribution in [2.45, 2.75) is 43.8 Å². The van der Waals surface area contributed by atoms with Crippen LogP contribution < -0.4 is 4.90 Å². The van der Waals surface area contributed by atoms with Crippen LogP contribution in [0.15, 0.2) is 36.4 Å². The van der Waals surface area contributed by atoms with Gasteiger partial charge >= 0.3 is 12.1 Å². The molecule has 2 amide bonds. The van der Waals surface area contributed by atoms with Crippen LogP contribution in [0.1, 0.15) is 42.5 Å². The fraction of sp³-hybridized carbons (Fsp3) is 0.536. The molecule has 0 saturated carbocycles. The predicted octanol–water partition coefficient (Wildman–Crippen LogP) is 3.84. The van der Waals surface area contributed by atoms with Gasteiger partial charge in [0.25, 0.3) is 5.91 Å². The van der Waals surface area contributed by atoms with Crippen molar-refractivity contribution < 1.29 is 32.7 Å². The molecular formula is C28H35F3N4O4. The van der Waals surface area contributed by atoms with Crippen LogP contribution in [0.4, 0.5) is 18.9 Å². The molecule has 3 aliphatic rings. The highest BCUT2D eigenvalue weighted by molar-refractivity contribution is 6.10. The van der Waals surface area contributed by atoms with Crippen LogP contribution in [0.3, 0.4) is 0 Å². The summed E-state index contributed by atoms with van der Waals surface area (Å²) in [5, 5.41) is 9.24. The maximum absolute atomic E-state index is 13.7. The Kier molecular flexibility index (Phi) is 8.39. The molecule has 2 aromatic rings. The molecule has 0 aromatic heterocycles. The Morgan fingerprint density at radius 2 is 1.51 bits per heavy atom. The summed E-state index contributed by atoms with van der Waals surface area (Å²) < 4.78 is 31.7. The minimum Gasteiger partial charge on any atom is -0.475 e. The summed E-state index contributed by atoms with van der Waals surface area (Å²) in [5.41, 5.74) is 1.88. The smallest absolute Gasteiger partial charge is 0.475 e. The van der Waals surface area contributed by atoms with E-state index in [-0.39, 0.29) is 17.4 Å². The Balaban J connectivity index is 0.000000448. The van der Waals surface area contributed by atoms with Crippen LogP contribution in [0.25, 0.3) is 10.8 Å². The van der Waals surface area contributed by atoms with Crippen molar-refractivity contribution >= 4 is 34.2 Å². The first kappa shape index (κ1) is 28.7. The number of carboxylic acids is 1. The van der Waals surface area contributed by atoms with E-state index < -0.39 is 12.1 Å². The lowest BCUT2D eigenvalue weighted by Crippen LogP contribution is -2.68. The molecule has 3 fully saturated rings. The second kappa shape index (κ2) is 11.4. The minimum atomic E-state index is -5.08. The number of hydrogen-bond donors (Lipinski definition) is 1. The van der Waals surface area contributed by atoms with Crippen LogP contribution in [0, 0.1) is 0 Å². The molecule has 0 bridgehead atoms. The van der Waals surface area contributed by atoms with E-state index in [2.05, 4.69) is 28.0 Å². The normalized spacial score (nSPS) is 21.4. The number of aliphatic carboxylic acids is 1. The lowest BCUT2D eigenvalue weighted by Gasteiger charge is -2.57. The number of carbonyl (C=O) groups is 3. The first-order valence-corrected chi connectivity index (χ1v) is 13.2. The number of likely N-dealkylation sites (tertiary alicyclic amines) is 3. The molecule has 2 aromatic carbocycles. The van der Waals surface area contributed by atoms with Crippen molar-refractivity contribution in [3.8, 4) is 0 Å². The topological polar surface area (TPSA) is 84.4 Å². The highest BCUT2D eigenvalue weighted by Crippen LogP contribution is 2.39. The van der Waals surface area contributed by atoms with Crippen molar-refractivity contribution in [1.29, 1.82) is 0 Å². The van der Waals surface area contributed by atoms with Gasteiger partial charge in [-0.2, -0.15) is 13.2 Å². The van der Waals surface area contributed by atoms with Crippen LogP contribution in [0.2, 0.25) is 0 Å². The van der Waals surface area contributed by atoms with Crippen molar-refractivity contribution in [3.63, 3.8) is 0 Å². The lowest BCUT2D eigenvalue weighted by molar-refractivity contribution is -0.192. The molecule has 3 heterocycles. The Hall–Kier alpha value is -3.34. The van der Waals surface area contributed by atoms with Crippen molar-refractivity contribution in [2.75, 3.05) is 58.3 Å². The number of hydrogen-bond acceptors (Lipinski definition) is 5. The van der Waals surface area contributed by atoms with E-state index in [1.165, 1.54) is 0 Å². The zero-order chi connectivity index (χ0) is 28.4. The van der Waals surface area contributed by atoms with Gasteiger partial charge in [0.1, 0.15) is 0 Å². The molecule has 3 saturated heterocycles. The molecule has 5 rings (SSSR count). The monoisotopic (exact) mass is 548 g/mol. The third-order valence-electron chi connectivity index (χ3n) is 8.00. The van der Waals surface area contributed by atoms with E-state index >= 15 is 0 Å². The van der Waals surface area contributed by atoms with Crippen molar-refractivity contribution in [1.82, 2.24) is 14.7 Å². The number of rotatable bonds is 4. The maximum Gasteiger partial charge on any atom is 0.490 e. The molecule has 0 radical (unpaired) electrons. The highest BCUT2D eigenvalue weighted by atomic mass is 19.4. The van der Waals surface area contributed by atoms with Gasteiger partial charge in [-0.1, -0.05) is 24.3 Å². The van der Waals surface area contributed by atoms with E-state index in [0.717, 1.165) is 86.9 Å². The molecule has 1 unspecified atom stereocenters. The zero-order valence-corrected chi connectivity index (χ0v) is 22.3. The lowest BCUT2D eigenvalue weighted by atomic mass is 9.77. The number of benzene rings is 2. The van der Waals surface area contributed by atoms with Crippen LogP contribution in [-0.4, -0.2) is 103 Å². The van der Waals surface area contributed by atoms with Crippen LogP contribution in [-0.2, 0) is 9.59 Å². The molecule has 8 nitrogen and oxygen atoms in total. The number of nitrogens with zero attached hydrogens (tertiary/aromatic N) is 4. The summed E-state index contributed by atoms with van der Waals surface area (Å²) >= 11 is 0. The number of carbonyl (C=O) groups excluding carboxylic acids is 2. The largest absolute Gasteiger partial charge is 0.490 e. The maximum atomic E-state index is 13.7. The number of alkyl halides is 3. The second-order valence-electron chi connectivity index (χ2n) is 10.7. The van der Waals surface area contributed by atoms with Crippen LogP contribution >= 0.6 is 0 Å². The van der Waals surface area contributed by atoms with Crippen molar-refractivity contribution in [2.24, 2.45) is 0 Å². The summed E-state index contributed by atoms with van der Waals surface area (Å²) in [6.45, 7) is 4.78. The Labute approximate surface area is 225 Å². The van der Waals surface area contributed by atoms with E-state index in [1.807, 2.05) is 42.1 Å². The predicted molar refractivity (Wildman–Crippen MR) is 142 cm³/mol. The van der Waals surface area contributed by atoms with Gasteiger partial charge in [0.2, 0.25) is 5.91 Å². The van der Waals surface area contributed by atoms with Gasteiger partial charge in [0.05, 0.1) is 6.54 Å². The van der Waals surface area contributed by atoms with Gasteiger partial charge in [0.15, 0.2) is 0 Å². The third kappa shape index (κ3) is 6.13. The SMILES string of the molecule is CN(C)c1ccc(C(=O)N2CCCC3(CCN3CC(=O)N3CCCC3)C2)c2ccccc12.O=C(O)C(F)(F)F. The molecule has 212 valence electrons. The first-order chi connectivity index (χ1) is 18.4. The Morgan fingerprint density at radius 1 is 0.897 bits per heavy atom. The minimum absolute atomic E-state index is 0.0251. The van der Waals surface area contributed by atoms with E-state index in [9.17, 15) is 22.8 Å². The van der Waals surface area contributed by atoms with Gasteiger partial charge in [-0.15, -0.1) is 0 Å². The summed E-state index contributed by atoms with van der Waals surface area (Å²) in [6.07, 6.45) is 0.308. The first-order valence-electron chi connectivity index (χ1n) is 13.2. The molecule has 11 heteroatoms. The van der Waals surface area contributed by atoms with Gasteiger partial charge in [-0.05, 0) is 49.6 Å². The van der Waals surface area contributed by atoms with Gasteiger partial charge in [-0.3, -0.25) is 14.5 Å². The number of carboxylic acid groups (broad SMARTS) is 1. The molecular weight excluding hydrogens is 513 g/mol. The summed E-state index contributed by atoms with van der Waals surface area (Å²) in [5.74, 6) is -2.38. The van der Waals surface area contributed by atoms with E-state index in [1.54, 1.807) is 0 Å². The molecule has 1 N–H and O–H groups in total. The summed E-state index contributed by atoms with van der Waals surface area (Å²) in [4.78, 5) is 43.8. The standard InChI is InChI=1S/C26H34N4O2.C2HF3O2/c1-27(2)23-11-10-22(20-8-3-4-9-21(20)23)25(32)29-16-7-12-26(19-29)13-17-30(26)18-24(31)28-14-5-6-15-28;3-2(4,5)1(6)7/h3-4,8-11H,5-7,12-19H2,1-2H3;(H,6,7). The molecule has 3 aliphatic heterocycles. The number of anilines is 1. The number of fused-ring (bicyclic) bond motifs is 1. The van der Waals surface area contributed by atoms with E-state index in [0.29, 0.717) is 6.54 Å². The molecule has 0 aliphatic carbocycles. The fourth-order valence-corrected chi connectivity index (χ4v) is 5.84. The molecule has 39 heavy (non-hydrogen) atoms. The van der Waals surface area contributed by atoms with E-state index in [4.69, 9.17) is 9.90 Å². The third-order valence-corrected chi connectivity index (χ3v) is 8.00. The Bertz CT molecular complexity index is 1230. The average Bonchev–Trinajstić information content (AvgIpc) is 3.45. The molecule has 1 atom stereocenters. The van der Waals surface area contributed by atoms with Gasteiger partial charge in [0, 0.05) is 69.0 Å². The average molecular weight is 549 g/mol. The zero-order valence-electron chi connectivity index (χ0n) is 22.3. The van der Waals surface area contributed by atoms with Gasteiger partial charge < -0.3 is 19.8 Å². The van der Waals surface area contributed by atoms with Crippen molar-refractivity contribution in [3.05, 3.63) is 42.0 Å². The Morgan fingerprint density at radius 3 is 2.08 bits per heavy atom. The summed E-state index contributed by atoms with van der Waals surface area (Å²) in [6, 6.07) is 12.2. The highest BCUT2D eigenvalue weighted by Gasteiger charge is 2.49. The van der Waals surface area contributed by atoms with Crippen LogP contribution in [0.5, 0.6) is 0 Å².